The predicted octanol–water partition coefficient (Wildman–Crippen LogP) is -5.93. The maximum Gasteiger partial charge on any atom is 1.00 e. The van der Waals surface area contributed by atoms with Crippen LogP contribution in [0.1, 0.15) is 46.4 Å². The van der Waals surface area contributed by atoms with Crippen molar-refractivity contribution in [3.63, 3.8) is 0 Å². The number of nitrogens with one attached hydrogen (secondary N) is 2. The van der Waals surface area contributed by atoms with Crippen molar-refractivity contribution in [2.24, 2.45) is 0 Å². The summed E-state index contributed by atoms with van der Waals surface area (Å²) < 4.78 is 149. The second-order valence-electron chi connectivity index (χ2n) is 11.9. The molecule has 2 aromatic carbocycles. The molecule has 320 valence electrons. The average Bonchev–Trinajstić information content (AvgIpc) is 3.50. The summed E-state index contributed by atoms with van der Waals surface area (Å²) in [5.41, 5.74) is 15.8. The Bertz CT molecular complexity index is 2290. The number of hydrogen-bond acceptors (Lipinski definition) is 18. The molecule has 0 aliphatic carbocycles. The van der Waals surface area contributed by atoms with Gasteiger partial charge in [0.15, 0.2) is 0 Å². The molecule has 0 spiro atoms. The molecule has 4 aliphatic rings. The van der Waals surface area contributed by atoms with Gasteiger partial charge in [-0.3, -0.25) is 18.2 Å². The summed E-state index contributed by atoms with van der Waals surface area (Å²) in [5.74, 6) is -1.97. The molecule has 6 rings (SSSR count). The van der Waals surface area contributed by atoms with Crippen LogP contribution in [0.15, 0.2) is 36.4 Å². The van der Waals surface area contributed by atoms with Crippen LogP contribution < -0.4 is 68.6 Å². The van der Waals surface area contributed by atoms with Crippen LogP contribution in [-0.4, -0.2) is 135 Å². The molecular formula is C26H28N6Na2O22S4. The summed E-state index contributed by atoms with van der Waals surface area (Å²) in [6.07, 6.45) is 0. The van der Waals surface area contributed by atoms with Gasteiger partial charge in [0.1, 0.15) is 62.1 Å². The van der Waals surface area contributed by atoms with Gasteiger partial charge in [-0.25, -0.2) is 18.0 Å². The van der Waals surface area contributed by atoms with Crippen molar-refractivity contribution >= 4 is 65.5 Å². The van der Waals surface area contributed by atoms with Crippen LogP contribution >= 0.6 is 0 Å². The van der Waals surface area contributed by atoms with Crippen LogP contribution in [0, 0.1) is 0 Å². The first kappa shape index (κ1) is 51.4. The number of rotatable bonds is 16. The number of amides is 6. The van der Waals surface area contributed by atoms with E-state index in [1.165, 1.54) is 36.4 Å². The molecule has 60 heavy (non-hydrogen) atoms. The Morgan fingerprint density at radius 3 is 1.18 bits per heavy atom. The topological polar surface area (TPSA) is 402 Å². The molecule has 6 N–H and O–H groups in total. The number of hydroxylamine groups is 4. The normalized spacial score (nSPS) is 20.5. The standard InChI is InChI=1S/2C13H15N3O11S2.2Na/c2*14-12(17)11-8-2-1-7(25-3-4-26-28(19,20)21)5-9(8)10-6-15(11)13(18)16(10)27-29(22,23)24;;/h2*1-2,5,10-11H,3-4,6H2,(H4,14,17,19,20,21,22,23,24);;/q;;2*+1/p-2/t2*10-,11+;;/m00../s1. The van der Waals surface area contributed by atoms with E-state index in [0.29, 0.717) is 10.1 Å². The zero-order valence-corrected chi connectivity index (χ0v) is 37.8. The van der Waals surface area contributed by atoms with E-state index in [2.05, 4.69) is 16.9 Å². The Balaban J connectivity index is 0.000000310. The molecule has 6 amide bonds. The summed E-state index contributed by atoms with van der Waals surface area (Å²) in [6, 6.07) is 1.46. The van der Waals surface area contributed by atoms with E-state index < -0.39 is 103 Å². The van der Waals surface area contributed by atoms with E-state index in [1.807, 2.05) is 0 Å². The summed E-state index contributed by atoms with van der Waals surface area (Å²) in [6.45, 7) is -1.96. The molecule has 0 radical (unpaired) electrons. The molecule has 0 saturated carbocycles. The van der Waals surface area contributed by atoms with Crippen molar-refractivity contribution in [3.8, 4) is 11.5 Å². The Labute approximate surface area is 384 Å². The fraction of sp³-hybridized carbons (Fsp3) is 0.385. The summed E-state index contributed by atoms with van der Waals surface area (Å²) >= 11 is 0. The van der Waals surface area contributed by atoms with Gasteiger partial charge in [-0.15, -0.1) is 8.57 Å². The molecule has 2 fully saturated rings. The van der Waals surface area contributed by atoms with E-state index in [4.69, 9.17) is 39.2 Å². The molecule has 4 bridgehead atoms. The minimum Gasteiger partial charge on any atom is -0.666 e. The average molecular weight is 951 g/mol. The molecule has 2 aromatic rings. The first-order valence-corrected chi connectivity index (χ1v) is 21.0. The maximum absolute atomic E-state index is 12.4. The smallest absolute Gasteiger partial charge is 0.666 e. The van der Waals surface area contributed by atoms with Gasteiger partial charge in [-0.05, 0) is 46.5 Å². The van der Waals surface area contributed by atoms with Gasteiger partial charge >= 0.3 is 113 Å². The Kier molecular flexibility index (Phi) is 16.8. The third-order valence-electron chi connectivity index (χ3n) is 8.24. The van der Waals surface area contributed by atoms with Crippen molar-refractivity contribution in [1.82, 2.24) is 19.9 Å². The molecule has 0 aromatic heterocycles. The second-order valence-corrected chi connectivity index (χ2v) is 16.1. The zero-order valence-electron chi connectivity index (χ0n) is 30.6. The second kappa shape index (κ2) is 19.6. The van der Waals surface area contributed by atoms with E-state index in [0.717, 1.165) is 9.80 Å². The minimum atomic E-state index is -5.04. The third-order valence-corrected chi connectivity index (χ3v) is 9.86. The fourth-order valence-electron chi connectivity index (χ4n) is 6.31. The SMILES string of the molecule is [NH-]C(=O)[C@H]1c2ccc(OCCOS(=O)(=O)O)cc2[C@@H]2CN1C(=O)N2OS(=O)(=O)O.[NH-]C(=O)[C@H]1c2ccc(OCCOS(=O)(=O)O)cc2[C@@H]2CN1C(=O)N2OS(=O)(=O)O.[Na+].[Na+]. The number of ether oxygens (including phenoxy) is 2. The summed E-state index contributed by atoms with van der Waals surface area (Å²) in [5, 5.41) is 0.755. The van der Waals surface area contributed by atoms with Crippen LogP contribution in [0.2, 0.25) is 0 Å². The van der Waals surface area contributed by atoms with Gasteiger partial charge in [0.2, 0.25) is 0 Å². The maximum atomic E-state index is 12.4. The molecule has 4 aliphatic heterocycles. The molecule has 34 heteroatoms. The van der Waals surface area contributed by atoms with Crippen molar-refractivity contribution in [2.75, 3.05) is 39.5 Å². The number of urea groups is 2. The van der Waals surface area contributed by atoms with Crippen molar-refractivity contribution in [2.45, 2.75) is 24.2 Å². The number of carbonyl (C=O) groups excluding carboxylic acids is 4. The Hall–Kier alpha value is -3.00. The molecule has 4 atom stereocenters. The number of carbonyl (C=O) groups is 4. The van der Waals surface area contributed by atoms with E-state index in [1.54, 1.807) is 0 Å². The van der Waals surface area contributed by atoms with Crippen molar-refractivity contribution < 1.29 is 157 Å². The van der Waals surface area contributed by atoms with Crippen molar-refractivity contribution in [3.05, 3.63) is 70.1 Å². The van der Waals surface area contributed by atoms with Gasteiger partial charge in [0.25, 0.3) is 0 Å². The molecule has 4 heterocycles. The minimum absolute atomic E-state index is 0. The van der Waals surface area contributed by atoms with Gasteiger partial charge in [0.05, 0.1) is 24.9 Å². The molecule has 0 unspecified atom stereocenters. The monoisotopic (exact) mass is 950 g/mol. The third kappa shape index (κ3) is 12.6. The van der Waals surface area contributed by atoms with Crippen LogP contribution in [0.25, 0.3) is 11.5 Å². The largest absolute Gasteiger partial charge is 1.00 e. The van der Waals surface area contributed by atoms with Crippen molar-refractivity contribution in [1.29, 1.82) is 0 Å². The van der Waals surface area contributed by atoms with Crippen LogP contribution in [-0.2, 0) is 68.1 Å². The fourth-order valence-corrected chi connectivity index (χ4v) is 7.61. The van der Waals surface area contributed by atoms with Gasteiger partial charge < -0.3 is 40.3 Å². The van der Waals surface area contributed by atoms with Crippen LogP contribution in [0.4, 0.5) is 9.59 Å². The van der Waals surface area contributed by atoms with Crippen LogP contribution in [0.5, 0.6) is 11.5 Å². The van der Waals surface area contributed by atoms with Gasteiger partial charge in [-0.1, -0.05) is 12.1 Å². The van der Waals surface area contributed by atoms with Gasteiger partial charge in [0, 0.05) is 0 Å². The van der Waals surface area contributed by atoms with E-state index in [9.17, 15) is 52.8 Å². The number of benzene rings is 2. The molecular weight excluding hydrogens is 923 g/mol. The quantitative estimate of drug-likeness (QED) is 0.0691. The van der Waals surface area contributed by atoms with E-state index in [-0.39, 0.29) is 119 Å². The number of fused-ring (bicyclic) bond motifs is 8. The van der Waals surface area contributed by atoms with Crippen LogP contribution in [0.3, 0.4) is 0 Å². The summed E-state index contributed by atoms with van der Waals surface area (Å²) in [7, 11) is -19.4. The predicted molar refractivity (Wildman–Crippen MR) is 182 cm³/mol. The summed E-state index contributed by atoms with van der Waals surface area (Å²) in [4.78, 5) is 50.3. The number of hydrogen-bond donors (Lipinski definition) is 4. The Morgan fingerprint density at radius 1 is 0.567 bits per heavy atom. The first-order chi connectivity index (χ1) is 26.7. The van der Waals surface area contributed by atoms with E-state index >= 15 is 0 Å². The molecule has 2 saturated heterocycles. The molecule has 28 nitrogen and oxygen atoms in total. The van der Waals surface area contributed by atoms with Gasteiger partial charge in [-0.2, -0.15) is 43.8 Å². The zero-order chi connectivity index (χ0) is 43.1. The first-order valence-electron chi connectivity index (χ1n) is 15.6. The number of nitrogens with zero attached hydrogens (tertiary/aromatic N) is 4. The Morgan fingerprint density at radius 2 is 0.900 bits per heavy atom.